The highest BCUT2D eigenvalue weighted by molar-refractivity contribution is 7.92. The first-order valence-electron chi connectivity index (χ1n) is 13.9. The molecule has 1 amide bonds. The Balaban J connectivity index is 1.68. The zero-order chi connectivity index (χ0) is 32.4. The topological polar surface area (TPSA) is 169 Å². The highest BCUT2D eigenvalue weighted by Gasteiger charge is 2.34. The van der Waals surface area contributed by atoms with Gasteiger partial charge in [0.2, 0.25) is 15.9 Å². The molecule has 2 aromatic carbocycles. The van der Waals surface area contributed by atoms with Crippen LogP contribution in [0, 0.1) is 19.8 Å². The highest BCUT2D eigenvalue weighted by atomic mass is 32.2. The molecule has 3 aromatic rings. The lowest BCUT2D eigenvalue weighted by atomic mass is 10.0. The number of carbonyl (C=O) groups is 1. The Morgan fingerprint density at radius 1 is 1.16 bits per heavy atom. The summed E-state index contributed by atoms with van der Waals surface area (Å²) in [5, 5.41) is 13.6. The second-order valence-electron chi connectivity index (χ2n) is 10.9. The predicted octanol–water partition coefficient (Wildman–Crippen LogP) is 2.57. The minimum atomic E-state index is -4.06. The molecule has 0 fully saturated rings. The normalized spacial score (nSPS) is 18.5. The van der Waals surface area contributed by atoms with Crippen molar-refractivity contribution in [3.8, 4) is 11.5 Å². The van der Waals surface area contributed by atoms with Gasteiger partial charge in [-0.2, -0.15) is 4.31 Å². The second-order valence-corrected chi connectivity index (χ2v) is 14.6. The number of fused-ring (bicyclic) bond motifs is 1. The molecule has 0 bridgehead atoms. The largest absolute Gasteiger partial charge is 0.497 e. The number of hydrogen-bond acceptors (Lipinski definition) is 10. The zero-order valence-electron chi connectivity index (χ0n) is 25.5. The Bertz CT molecular complexity index is 1690. The average Bonchev–Trinajstić information content (AvgIpc) is 3.35. The number of carbonyl (C=O) groups excluding carboxylic acids is 1. The molecule has 1 aromatic heterocycles. The number of likely N-dealkylation sites (N-methyl/N-ethyl adjacent to an activating group) is 1. The van der Waals surface area contributed by atoms with E-state index in [-0.39, 0.29) is 64.9 Å². The van der Waals surface area contributed by atoms with Crippen LogP contribution in [-0.2, 0) is 31.3 Å². The van der Waals surface area contributed by atoms with Gasteiger partial charge in [0.15, 0.2) is 10.7 Å². The zero-order valence-corrected chi connectivity index (χ0v) is 27.1. The predicted molar refractivity (Wildman–Crippen MR) is 162 cm³/mol. The van der Waals surface area contributed by atoms with E-state index < -0.39 is 32.2 Å². The molecule has 240 valence electrons. The first-order chi connectivity index (χ1) is 20.7. The number of aliphatic hydroxyl groups excluding tert-OH is 1. The van der Waals surface area contributed by atoms with Crippen molar-refractivity contribution in [2.75, 3.05) is 38.6 Å². The van der Waals surface area contributed by atoms with E-state index in [0.29, 0.717) is 17.1 Å². The van der Waals surface area contributed by atoms with Gasteiger partial charge >= 0.3 is 0 Å². The molecule has 0 saturated carbocycles. The lowest BCUT2D eigenvalue weighted by Crippen LogP contribution is -2.48. The number of hydrogen-bond donors (Lipinski definition) is 2. The van der Waals surface area contributed by atoms with E-state index >= 15 is 0 Å². The third-order valence-electron chi connectivity index (χ3n) is 7.61. The van der Waals surface area contributed by atoms with Crippen LogP contribution in [-0.4, -0.2) is 88.2 Å². The Morgan fingerprint density at radius 3 is 2.43 bits per heavy atom. The maximum Gasteiger partial charge on any atom is 0.267 e. The summed E-state index contributed by atoms with van der Waals surface area (Å²) in [4.78, 5) is 15.1. The Labute approximate surface area is 257 Å². The SMILES string of the molecule is COc1ccc(S(=O)(=O)N(C)C[C@@H]2Oc3ccc(NS(=O)(=O)c4c(C)noc4C)cc3CC(=O)N([C@H](C)CO)C[C@H]2C)cc1. The van der Waals surface area contributed by atoms with E-state index in [1.165, 1.54) is 61.5 Å². The molecular weight excluding hydrogens is 612 g/mol. The molecule has 2 heterocycles. The van der Waals surface area contributed by atoms with Gasteiger partial charge in [-0.05, 0) is 63.2 Å². The summed E-state index contributed by atoms with van der Waals surface area (Å²) in [5.41, 5.74) is 0.782. The first kappa shape index (κ1) is 33.2. The number of nitrogens with one attached hydrogen (secondary N) is 1. The van der Waals surface area contributed by atoms with Crippen LogP contribution in [0.4, 0.5) is 5.69 Å². The Hall–Kier alpha value is -3.66. The van der Waals surface area contributed by atoms with Gasteiger partial charge in [-0.1, -0.05) is 12.1 Å². The minimum Gasteiger partial charge on any atom is -0.497 e. The van der Waals surface area contributed by atoms with Crippen LogP contribution in [0.1, 0.15) is 30.9 Å². The van der Waals surface area contributed by atoms with Crippen LogP contribution in [0.25, 0.3) is 0 Å². The number of methoxy groups -OCH3 is 1. The number of anilines is 1. The molecule has 0 unspecified atom stereocenters. The van der Waals surface area contributed by atoms with Gasteiger partial charge in [-0.15, -0.1) is 0 Å². The summed E-state index contributed by atoms with van der Waals surface area (Å²) in [6.45, 7) is 6.44. The fourth-order valence-electron chi connectivity index (χ4n) is 5.05. The minimum absolute atomic E-state index is 0.0507. The van der Waals surface area contributed by atoms with Crippen molar-refractivity contribution < 1.29 is 40.7 Å². The molecule has 3 atom stereocenters. The van der Waals surface area contributed by atoms with Crippen LogP contribution < -0.4 is 14.2 Å². The molecule has 15 heteroatoms. The third kappa shape index (κ3) is 7.01. The molecule has 44 heavy (non-hydrogen) atoms. The van der Waals surface area contributed by atoms with Crippen molar-refractivity contribution in [1.82, 2.24) is 14.4 Å². The lowest BCUT2D eigenvalue weighted by molar-refractivity contribution is -0.134. The Kier molecular flexibility index (Phi) is 9.93. The molecule has 13 nitrogen and oxygen atoms in total. The van der Waals surface area contributed by atoms with Crippen molar-refractivity contribution >= 4 is 31.6 Å². The molecule has 0 aliphatic carbocycles. The summed E-state index contributed by atoms with van der Waals surface area (Å²) in [6, 6.07) is 10.1. The number of amides is 1. The monoisotopic (exact) mass is 650 g/mol. The van der Waals surface area contributed by atoms with E-state index in [9.17, 15) is 26.7 Å². The quantitative estimate of drug-likeness (QED) is 0.333. The van der Waals surface area contributed by atoms with E-state index in [1.807, 2.05) is 6.92 Å². The van der Waals surface area contributed by atoms with E-state index in [1.54, 1.807) is 25.1 Å². The van der Waals surface area contributed by atoms with Crippen LogP contribution in [0.3, 0.4) is 0 Å². The summed E-state index contributed by atoms with van der Waals surface area (Å²) in [6.07, 6.45) is -0.851. The number of aryl methyl sites for hydroxylation is 2. The third-order valence-corrected chi connectivity index (χ3v) is 11.1. The van der Waals surface area contributed by atoms with Crippen molar-refractivity contribution in [3.05, 3.63) is 59.5 Å². The number of benzene rings is 2. The van der Waals surface area contributed by atoms with Gasteiger partial charge in [-0.3, -0.25) is 9.52 Å². The second kappa shape index (κ2) is 13.1. The molecule has 1 aliphatic rings. The van der Waals surface area contributed by atoms with Gasteiger partial charge in [0.25, 0.3) is 10.0 Å². The maximum absolute atomic E-state index is 13.5. The molecule has 1 aliphatic heterocycles. The number of sulfonamides is 2. The first-order valence-corrected chi connectivity index (χ1v) is 16.9. The van der Waals surface area contributed by atoms with E-state index in [4.69, 9.17) is 14.0 Å². The molecular formula is C29H38N4O9S2. The number of nitrogens with zero attached hydrogens (tertiary/aromatic N) is 3. The Morgan fingerprint density at radius 2 is 1.84 bits per heavy atom. The van der Waals surface area contributed by atoms with Crippen molar-refractivity contribution in [2.45, 2.75) is 56.1 Å². The van der Waals surface area contributed by atoms with Crippen LogP contribution in [0.5, 0.6) is 11.5 Å². The summed E-state index contributed by atoms with van der Waals surface area (Å²) >= 11 is 0. The van der Waals surface area contributed by atoms with Gasteiger partial charge in [0.05, 0.1) is 37.6 Å². The molecule has 4 rings (SSSR count). The lowest BCUT2D eigenvalue weighted by Gasteiger charge is -2.33. The molecule has 0 saturated heterocycles. The maximum atomic E-state index is 13.5. The van der Waals surface area contributed by atoms with E-state index in [0.717, 1.165) is 0 Å². The summed E-state index contributed by atoms with van der Waals surface area (Å²) in [7, 11) is -5.02. The smallest absolute Gasteiger partial charge is 0.267 e. The van der Waals surface area contributed by atoms with Gasteiger partial charge in [0.1, 0.15) is 23.3 Å². The fraction of sp³-hybridized carbons (Fsp3) is 0.448. The van der Waals surface area contributed by atoms with Crippen LogP contribution in [0.15, 0.2) is 56.8 Å². The standard InChI is InChI=1S/C29H38N4O9S2/c1-18-15-33(19(2)17-34)28(35)14-22-13-23(31-43(36,37)29-20(3)30-42-21(29)4)7-12-26(22)41-27(18)16-32(5)44(38,39)25-10-8-24(40-6)9-11-25/h7-13,18-19,27,31,34H,14-17H2,1-6H3/t18-,19-,27+/m1/s1. The highest BCUT2D eigenvalue weighted by Crippen LogP contribution is 2.31. The molecule has 2 N–H and O–H groups in total. The van der Waals surface area contributed by atoms with Crippen LogP contribution in [0.2, 0.25) is 0 Å². The van der Waals surface area contributed by atoms with Crippen molar-refractivity contribution in [2.24, 2.45) is 5.92 Å². The molecule has 0 spiro atoms. The summed E-state index contributed by atoms with van der Waals surface area (Å²) in [5.74, 6) is 0.311. The summed E-state index contributed by atoms with van der Waals surface area (Å²) < 4.78 is 73.4. The van der Waals surface area contributed by atoms with Crippen molar-refractivity contribution in [3.63, 3.8) is 0 Å². The average molecular weight is 651 g/mol. The number of aromatic nitrogens is 1. The fourth-order valence-corrected chi connectivity index (χ4v) is 7.62. The van der Waals surface area contributed by atoms with Crippen molar-refractivity contribution in [1.29, 1.82) is 0 Å². The van der Waals surface area contributed by atoms with Gasteiger partial charge in [-0.25, -0.2) is 16.8 Å². The van der Waals surface area contributed by atoms with Crippen LogP contribution >= 0.6 is 0 Å². The van der Waals surface area contributed by atoms with Gasteiger partial charge in [0, 0.05) is 30.8 Å². The van der Waals surface area contributed by atoms with Gasteiger partial charge < -0.3 is 24.0 Å². The van der Waals surface area contributed by atoms with E-state index in [2.05, 4.69) is 9.88 Å². The number of ether oxygens (including phenoxy) is 2. The molecule has 0 radical (unpaired) electrons. The number of aliphatic hydroxyl groups is 1. The number of rotatable bonds is 10.